The molecule has 2 amide bonds. The fourth-order valence-electron chi connectivity index (χ4n) is 1.89. The lowest BCUT2D eigenvalue weighted by atomic mass is 10.0. The predicted molar refractivity (Wildman–Crippen MR) is 80.4 cm³/mol. The van der Waals surface area contributed by atoms with E-state index in [1.807, 2.05) is 0 Å². The first-order valence-electron chi connectivity index (χ1n) is 6.70. The molecule has 0 fully saturated rings. The van der Waals surface area contributed by atoms with Gasteiger partial charge < -0.3 is 20.3 Å². The lowest BCUT2D eigenvalue weighted by molar-refractivity contribution is -0.146. The highest BCUT2D eigenvalue weighted by atomic mass is 35.5. The zero-order valence-corrected chi connectivity index (χ0v) is 13.0. The molecule has 0 saturated heterocycles. The van der Waals surface area contributed by atoms with Crippen LogP contribution in [0.1, 0.15) is 29.7 Å². The van der Waals surface area contributed by atoms with Gasteiger partial charge in [-0.05, 0) is 24.6 Å². The summed E-state index contributed by atoms with van der Waals surface area (Å²) in [6.45, 7) is 1.52. The summed E-state index contributed by atoms with van der Waals surface area (Å²) in [7, 11) is 0. The van der Waals surface area contributed by atoms with Crippen LogP contribution in [0.15, 0.2) is 28.8 Å². The maximum atomic E-state index is 11.9. The molecule has 2 aromatic rings. The highest BCUT2D eigenvalue weighted by molar-refractivity contribution is 6.30. The van der Waals surface area contributed by atoms with E-state index in [0.717, 1.165) is 0 Å². The summed E-state index contributed by atoms with van der Waals surface area (Å²) < 4.78 is 9.88. The molecule has 0 spiro atoms. The summed E-state index contributed by atoms with van der Waals surface area (Å²) in [6, 6.07) is 5.32. The average molecular weight is 339 g/mol. The Hall–Kier alpha value is -2.61. The number of amides is 2. The molecule has 0 aliphatic heterocycles. The van der Waals surface area contributed by atoms with Gasteiger partial charge in [0, 0.05) is 5.02 Å². The Morgan fingerprint density at radius 1 is 1.39 bits per heavy atom. The lowest BCUT2D eigenvalue weighted by Crippen LogP contribution is -2.34. The topological polar surface area (TPSA) is 120 Å². The van der Waals surface area contributed by atoms with Crippen molar-refractivity contribution < 1.29 is 18.8 Å². The maximum absolute atomic E-state index is 11.9. The van der Waals surface area contributed by atoms with Crippen molar-refractivity contribution in [1.29, 1.82) is 0 Å². The molecule has 1 aromatic carbocycles. The van der Waals surface area contributed by atoms with E-state index in [-0.39, 0.29) is 18.9 Å². The summed E-state index contributed by atoms with van der Waals surface area (Å²) in [4.78, 5) is 27.0. The summed E-state index contributed by atoms with van der Waals surface area (Å²) in [5, 5.41) is 6.62. The minimum Gasteiger partial charge on any atom is -0.455 e. The van der Waals surface area contributed by atoms with E-state index in [2.05, 4.69) is 15.5 Å². The molecule has 0 radical (unpaired) electrons. The molecule has 0 bridgehead atoms. The van der Waals surface area contributed by atoms with Gasteiger partial charge >= 0.3 is 12.0 Å². The highest BCUT2D eigenvalue weighted by Gasteiger charge is 2.19. The molecule has 1 unspecified atom stereocenters. The van der Waals surface area contributed by atoms with Gasteiger partial charge in [-0.15, -0.1) is 0 Å². The molecule has 1 aromatic heterocycles. The van der Waals surface area contributed by atoms with E-state index < -0.39 is 18.0 Å². The van der Waals surface area contributed by atoms with Gasteiger partial charge in [0.1, 0.15) is 0 Å². The van der Waals surface area contributed by atoms with Crippen molar-refractivity contribution in [3.8, 4) is 0 Å². The lowest BCUT2D eigenvalue weighted by Gasteiger charge is -2.17. The third-order valence-corrected chi connectivity index (χ3v) is 3.14. The molecule has 3 N–H and O–H groups in total. The number of carbonyl (C=O) groups excluding carboxylic acids is 2. The van der Waals surface area contributed by atoms with Crippen molar-refractivity contribution in [2.24, 2.45) is 5.73 Å². The van der Waals surface area contributed by atoms with E-state index >= 15 is 0 Å². The number of hydrogen-bond donors (Lipinski definition) is 2. The number of aryl methyl sites for hydroxylation is 1. The molecular formula is C14H15ClN4O4. The number of benzene rings is 1. The van der Waals surface area contributed by atoms with Crippen molar-refractivity contribution >= 4 is 23.6 Å². The second kappa shape index (κ2) is 7.59. The Morgan fingerprint density at radius 3 is 2.65 bits per heavy atom. The molecule has 2 rings (SSSR count). The smallest absolute Gasteiger partial charge is 0.312 e. The SMILES string of the molecule is Cc1noc(COC(=O)CC(NC(N)=O)c2ccc(Cl)cc2)n1. The van der Waals surface area contributed by atoms with Gasteiger partial charge in [-0.2, -0.15) is 4.98 Å². The average Bonchev–Trinajstić information content (AvgIpc) is 2.90. The molecule has 0 aliphatic carbocycles. The van der Waals surface area contributed by atoms with Crippen LogP contribution in [0.2, 0.25) is 5.02 Å². The summed E-state index contributed by atoms with van der Waals surface area (Å²) >= 11 is 5.82. The molecule has 1 atom stereocenters. The van der Waals surface area contributed by atoms with Gasteiger partial charge in [0.05, 0.1) is 12.5 Å². The van der Waals surface area contributed by atoms with Gasteiger partial charge in [-0.25, -0.2) is 4.79 Å². The fourth-order valence-corrected chi connectivity index (χ4v) is 2.01. The van der Waals surface area contributed by atoms with Gasteiger partial charge in [-0.3, -0.25) is 4.79 Å². The number of ether oxygens (including phenoxy) is 1. The van der Waals surface area contributed by atoms with Crippen LogP contribution in [0.4, 0.5) is 4.79 Å². The maximum Gasteiger partial charge on any atom is 0.312 e. The zero-order valence-electron chi connectivity index (χ0n) is 12.3. The van der Waals surface area contributed by atoms with Crippen LogP contribution < -0.4 is 11.1 Å². The summed E-state index contributed by atoms with van der Waals surface area (Å²) in [5.74, 6) is 0.0989. The Morgan fingerprint density at radius 2 is 2.09 bits per heavy atom. The number of esters is 1. The minimum atomic E-state index is -0.745. The van der Waals surface area contributed by atoms with E-state index in [4.69, 9.17) is 26.6 Å². The number of carbonyl (C=O) groups is 2. The molecule has 23 heavy (non-hydrogen) atoms. The monoisotopic (exact) mass is 338 g/mol. The predicted octanol–water partition coefficient (Wildman–Crippen LogP) is 1.87. The van der Waals surface area contributed by atoms with Crippen LogP contribution in [0, 0.1) is 6.92 Å². The normalized spacial score (nSPS) is 11.7. The van der Waals surface area contributed by atoms with Crippen molar-refractivity contribution in [2.75, 3.05) is 0 Å². The Balaban J connectivity index is 1.97. The Kier molecular flexibility index (Phi) is 5.53. The van der Waals surface area contributed by atoms with Crippen molar-refractivity contribution in [1.82, 2.24) is 15.5 Å². The largest absolute Gasteiger partial charge is 0.455 e. The third kappa shape index (κ3) is 5.26. The third-order valence-electron chi connectivity index (χ3n) is 2.89. The number of nitrogens with zero attached hydrogens (tertiary/aromatic N) is 2. The number of nitrogens with one attached hydrogen (secondary N) is 1. The van der Waals surface area contributed by atoms with Crippen molar-refractivity contribution in [3.63, 3.8) is 0 Å². The van der Waals surface area contributed by atoms with Crippen LogP contribution in [-0.4, -0.2) is 22.1 Å². The number of aromatic nitrogens is 2. The Labute approximate surface area is 136 Å². The molecule has 0 saturated carbocycles. The van der Waals surface area contributed by atoms with Crippen LogP contribution >= 0.6 is 11.6 Å². The van der Waals surface area contributed by atoms with E-state index in [0.29, 0.717) is 16.4 Å². The quantitative estimate of drug-likeness (QED) is 0.776. The van der Waals surface area contributed by atoms with Crippen LogP contribution in [0.5, 0.6) is 0 Å². The van der Waals surface area contributed by atoms with Gasteiger partial charge in [0.15, 0.2) is 12.4 Å². The first-order valence-corrected chi connectivity index (χ1v) is 7.08. The van der Waals surface area contributed by atoms with Crippen LogP contribution in [0.25, 0.3) is 0 Å². The highest BCUT2D eigenvalue weighted by Crippen LogP contribution is 2.20. The first-order chi connectivity index (χ1) is 10.9. The van der Waals surface area contributed by atoms with E-state index in [9.17, 15) is 9.59 Å². The second-order valence-electron chi connectivity index (χ2n) is 4.71. The Bertz CT molecular complexity index is 686. The van der Waals surface area contributed by atoms with E-state index in [1.165, 1.54) is 0 Å². The number of rotatable bonds is 6. The van der Waals surface area contributed by atoms with Gasteiger partial charge in [0.2, 0.25) is 0 Å². The van der Waals surface area contributed by atoms with E-state index in [1.54, 1.807) is 31.2 Å². The molecule has 1 heterocycles. The second-order valence-corrected chi connectivity index (χ2v) is 5.15. The van der Waals surface area contributed by atoms with Crippen molar-refractivity contribution in [2.45, 2.75) is 26.0 Å². The molecule has 0 aliphatic rings. The van der Waals surface area contributed by atoms with Crippen molar-refractivity contribution in [3.05, 3.63) is 46.6 Å². The number of nitrogens with two attached hydrogens (primary N) is 1. The van der Waals surface area contributed by atoms with Gasteiger partial charge in [0.25, 0.3) is 5.89 Å². The molecule has 9 heteroatoms. The summed E-state index contributed by atoms with van der Waals surface area (Å²) in [5.41, 5.74) is 5.82. The van der Waals surface area contributed by atoms with Gasteiger partial charge in [-0.1, -0.05) is 28.9 Å². The number of halogens is 1. The fraction of sp³-hybridized carbons (Fsp3) is 0.286. The van der Waals surface area contributed by atoms with Crippen LogP contribution in [0.3, 0.4) is 0 Å². The first kappa shape index (κ1) is 16.8. The minimum absolute atomic E-state index is 0.0995. The molecular weight excluding hydrogens is 324 g/mol. The number of primary amides is 1. The standard InChI is InChI=1S/C14H15ClN4O4/c1-8-17-12(23-19-8)7-22-13(20)6-11(18-14(16)21)9-2-4-10(15)5-3-9/h2-5,11H,6-7H2,1H3,(H3,16,18,21). The molecule has 122 valence electrons. The number of urea groups is 1. The molecule has 8 nitrogen and oxygen atoms in total. The zero-order chi connectivity index (χ0) is 16.8. The number of hydrogen-bond acceptors (Lipinski definition) is 6. The van der Waals surface area contributed by atoms with Crippen LogP contribution in [-0.2, 0) is 16.1 Å². The summed E-state index contributed by atoms with van der Waals surface area (Å²) in [6.07, 6.45) is -0.0995.